The highest BCUT2D eigenvalue weighted by molar-refractivity contribution is 6.35. The normalized spacial score (nSPS) is 17.9. The zero-order valence-corrected chi connectivity index (χ0v) is 24.6. The maximum Gasteiger partial charge on any atom is 0.256 e. The van der Waals surface area contributed by atoms with Crippen molar-refractivity contribution in [3.8, 4) is 22.3 Å². The predicted octanol–water partition coefficient (Wildman–Crippen LogP) is 7.51. The van der Waals surface area contributed by atoms with Crippen molar-refractivity contribution in [3.63, 3.8) is 0 Å². The Hall–Kier alpha value is -4.00. The maximum atomic E-state index is 14.0. The molecule has 4 aromatic rings. The van der Waals surface area contributed by atoms with Crippen LogP contribution in [0.4, 0.5) is 10.1 Å². The summed E-state index contributed by atoms with van der Waals surface area (Å²) in [5, 5.41) is 3.12. The topological polar surface area (TPSA) is 57.4 Å². The predicted molar refractivity (Wildman–Crippen MR) is 171 cm³/mol. The van der Waals surface area contributed by atoms with Crippen LogP contribution >= 0.6 is 0 Å². The van der Waals surface area contributed by atoms with E-state index in [4.69, 9.17) is 4.74 Å². The molecule has 3 aromatic carbocycles. The molecule has 0 radical (unpaired) electrons. The third-order valence-electron chi connectivity index (χ3n) is 9.16. The average molecular weight is 576 g/mol. The lowest BCUT2D eigenvalue weighted by Crippen LogP contribution is -2.37. The number of aromatic nitrogens is 1. The molecule has 0 bridgehead atoms. The van der Waals surface area contributed by atoms with E-state index in [9.17, 15) is 9.18 Å². The summed E-state index contributed by atoms with van der Waals surface area (Å²) in [6.45, 7) is 4.73. The molecule has 2 aliphatic heterocycles. The van der Waals surface area contributed by atoms with Crippen molar-refractivity contribution in [2.45, 2.75) is 44.9 Å². The van der Waals surface area contributed by atoms with Crippen LogP contribution in [0.15, 0.2) is 66.7 Å². The Bertz CT molecular complexity index is 1680. The Morgan fingerprint density at radius 1 is 0.860 bits per heavy atom. The Balaban J connectivity index is 1.20. The van der Waals surface area contributed by atoms with Crippen LogP contribution in [0.2, 0.25) is 0 Å². The van der Waals surface area contributed by atoms with Crippen LogP contribution in [-0.2, 0) is 28.8 Å². The summed E-state index contributed by atoms with van der Waals surface area (Å²) < 4.78 is 19.6. The second-order valence-electron chi connectivity index (χ2n) is 11.9. The average Bonchev–Trinajstić information content (AvgIpc) is 3.41. The van der Waals surface area contributed by atoms with E-state index in [1.54, 1.807) is 12.1 Å². The van der Waals surface area contributed by atoms with Gasteiger partial charge in [0, 0.05) is 35.7 Å². The first-order valence-electron chi connectivity index (χ1n) is 15.7. The van der Waals surface area contributed by atoms with E-state index in [0.717, 1.165) is 97.7 Å². The monoisotopic (exact) mass is 575 g/mol. The molecular weight excluding hydrogens is 537 g/mol. The number of hydrogen-bond donors (Lipinski definition) is 2. The molecule has 220 valence electrons. The highest BCUT2D eigenvalue weighted by atomic mass is 19.1. The number of carbonyl (C=O) groups is 1. The zero-order chi connectivity index (χ0) is 29.2. The molecular formula is C37H38FN3O2. The van der Waals surface area contributed by atoms with Crippen LogP contribution in [0.5, 0.6) is 0 Å². The number of benzene rings is 3. The molecule has 0 saturated carbocycles. The Morgan fingerprint density at radius 3 is 2.47 bits per heavy atom. The number of anilines is 1. The molecule has 1 aromatic heterocycles. The molecule has 3 heterocycles. The SMILES string of the molecule is O=C1Nc2cc(-c3ccccc3-c3cccc(F)c3)ccc2/C1=C/c1[nH]c2c(c1CCCN1CCOCC1)CCCCC2. The van der Waals surface area contributed by atoms with Crippen molar-refractivity contribution < 1.29 is 13.9 Å². The fourth-order valence-electron chi connectivity index (χ4n) is 6.96. The highest BCUT2D eigenvalue weighted by Crippen LogP contribution is 2.40. The standard InChI is InChI=1S/C37H38FN3O2/c38-27-9-6-8-25(22-27)28-10-4-5-11-29(28)26-15-16-32-33(37(42)40-35(32)23-26)24-36-31(13-7-17-41-18-20-43-21-19-41)30-12-2-1-3-14-34(30)39-36/h4-6,8-11,15-16,22-24,39H,1-3,7,12-14,17-21H2,(H,40,42)/b33-24-. The molecule has 1 amide bonds. The fraction of sp³-hybridized carbons (Fsp3) is 0.324. The quantitative estimate of drug-likeness (QED) is 0.177. The number of aromatic amines is 1. The van der Waals surface area contributed by atoms with Crippen molar-refractivity contribution >= 4 is 23.2 Å². The van der Waals surface area contributed by atoms with Gasteiger partial charge in [0.05, 0.1) is 18.8 Å². The lowest BCUT2D eigenvalue weighted by molar-refractivity contribution is -0.110. The van der Waals surface area contributed by atoms with E-state index in [1.165, 1.54) is 42.1 Å². The Kier molecular flexibility index (Phi) is 7.96. The number of nitrogens with zero attached hydrogens (tertiary/aromatic N) is 1. The number of aryl methyl sites for hydroxylation is 1. The molecule has 43 heavy (non-hydrogen) atoms. The third-order valence-corrected chi connectivity index (χ3v) is 9.16. The molecule has 1 aliphatic carbocycles. The summed E-state index contributed by atoms with van der Waals surface area (Å²) in [6.07, 6.45) is 10.1. The minimum Gasteiger partial charge on any atom is -0.379 e. The number of nitrogens with one attached hydrogen (secondary N) is 2. The third kappa shape index (κ3) is 5.82. The smallest absolute Gasteiger partial charge is 0.256 e. The van der Waals surface area contributed by atoms with Gasteiger partial charge < -0.3 is 15.0 Å². The Morgan fingerprint density at radius 2 is 1.65 bits per heavy atom. The van der Waals surface area contributed by atoms with E-state index >= 15 is 0 Å². The molecule has 5 nitrogen and oxygen atoms in total. The van der Waals surface area contributed by atoms with Gasteiger partial charge in [-0.1, -0.05) is 55.0 Å². The van der Waals surface area contributed by atoms with E-state index in [0.29, 0.717) is 5.57 Å². The first kappa shape index (κ1) is 27.8. The molecule has 1 saturated heterocycles. The van der Waals surface area contributed by atoms with Gasteiger partial charge in [-0.05, 0) is 103 Å². The van der Waals surface area contributed by atoms with E-state index < -0.39 is 0 Å². The number of hydrogen-bond acceptors (Lipinski definition) is 3. The number of carbonyl (C=O) groups excluding carboxylic acids is 1. The summed E-state index contributed by atoms with van der Waals surface area (Å²) in [4.78, 5) is 19.6. The molecule has 0 unspecified atom stereocenters. The molecule has 1 fully saturated rings. The van der Waals surface area contributed by atoms with Crippen molar-refractivity contribution in [2.75, 3.05) is 38.2 Å². The van der Waals surface area contributed by atoms with Gasteiger partial charge in [0.25, 0.3) is 5.91 Å². The first-order valence-corrected chi connectivity index (χ1v) is 15.7. The fourth-order valence-corrected chi connectivity index (χ4v) is 6.96. The minimum atomic E-state index is -0.259. The van der Waals surface area contributed by atoms with Crippen LogP contribution in [0.25, 0.3) is 33.9 Å². The number of rotatable bonds is 7. The lowest BCUT2D eigenvalue weighted by atomic mass is 9.93. The number of morpholine rings is 1. The van der Waals surface area contributed by atoms with Gasteiger partial charge in [-0.25, -0.2) is 4.39 Å². The maximum absolute atomic E-state index is 14.0. The summed E-state index contributed by atoms with van der Waals surface area (Å²) in [5.74, 6) is -0.333. The van der Waals surface area contributed by atoms with Crippen LogP contribution in [0, 0.1) is 5.82 Å². The van der Waals surface area contributed by atoms with Gasteiger partial charge in [-0.3, -0.25) is 9.69 Å². The lowest BCUT2D eigenvalue weighted by Gasteiger charge is -2.26. The van der Waals surface area contributed by atoms with Gasteiger partial charge in [0.2, 0.25) is 0 Å². The Labute approximate surface area is 252 Å². The van der Waals surface area contributed by atoms with Crippen LogP contribution in [-0.4, -0.2) is 48.6 Å². The van der Waals surface area contributed by atoms with E-state index in [1.807, 2.05) is 42.5 Å². The van der Waals surface area contributed by atoms with Crippen molar-refractivity contribution in [1.82, 2.24) is 9.88 Å². The molecule has 7 rings (SSSR count). The summed E-state index contributed by atoms with van der Waals surface area (Å²) >= 11 is 0. The van der Waals surface area contributed by atoms with E-state index in [-0.39, 0.29) is 11.7 Å². The first-order chi connectivity index (χ1) is 21.1. The number of amides is 1. The van der Waals surface area contributed by atoms with Crippen molar-refractivity contribution in [1.29, 1.82) is 0 Å². The van der Waals surface area contributed by atoms with Gasteiger partial charge in [0.1, 0.15) is 5.82 Å². The van der Waals surface area contributed by atoms with Crippen LogP contribution in [0.1, 0.15) is 53.8 Å². The number of ether oxygens (including phenoxy) is 1. The van der Waals surface area contributed by atoms with Crippen LogP contribution < -0.4 is 5.32 Å². The zero-order valence-electron chi connectivity index (χ0n) is 24.6. The van der Waals surface area contributed by atoms with E-state index in [2.05, 4.69) is 27.3 Å². The van der Waals surface area contributed by atoms with Gasteiger partial charge >= 0.3 is 0 Å². The van der Waals surface area contributed by atoms with Gasteiger partial charge in [-0.15, -0.1) is 0 Å². The van der Waals surface area contributed by atoms with Crippen LogP contribution in [0.3, 0.4) is 0 Å². The van der Waals surface area contributed by atoms with Gasteiger partial charge in [-0.2, -0.15) is 0 Å². The van der Waals surface area contributed by atoms with Crippen molar-refractivity contribution in [3.05, 3.63) is 101 Å². The molecule has 6 heteroatoms. The molecule has 2 N–H and O–H groups in total. The number of fused-ring (bicyclic) bond motifs is 2. The minimum absolute atomic E-state index is 0.0744. The molecule has 3 aliphatic rings. The molecule has 0 spiro atoms. The summed E-state index contributed by atoms with van der Waals surface area (Å²) in [5.41, 5.74) is 11.5. The van der Waals surface area contributed by atoms with Crippen molar-refractivity contribution in [2.24, 2.45) is 0 Å². The highest BCUT2D eigenvalue weighted by Gasteiger charge is 2.27. The van der Waals surface area contributed by atoms with Gasteiger partial charge in [0.15, 0.2) is 0 Å². The molecule has 0 atom stereocenters. The second-order valence-corrected chi connectivity index (χ2v) is 11.9. The largest absolute Gasteiger partial charge is 0.379 e. The summed E-state index contributed by atoms with van der Waals surface area (Å²) in [7, 11) is 0. The second kappa shape index (κ2) is 12.3. The number of halogens is 1. The number of H-pyrrole nitrogens is 1. The summed E-state index contributed by atoms with van der Waals surface area (Å²) in [6, 6.07) is 20.9.